The summed E-state index contributed by atoms with van der Waals surface area (Å²) in [5.74, 6) is 0.155. The number of benzene rings is 1. The normalized spacial score (nSPS) is 10.6. The zero-order chi connectivity index (χ0) is 10.6. The summed E-state index contributed by atoms with van der Waals surface area (Å²) in [6.45, 7) is 6.47. The number of aryl methyl sites for hydroxylation is 1. The second-order valence-electron chi connectivity index (χ2n) is 3.83. The molecule has 0 amide bonds. The summed E-state index contributed by atoms with van der Waals surface area (Å²) in [5.41, 5.74) is 1.92. The summed E-state index contributed by atoms with van der Waals surface area (Å²) in [7, 11) is 0. The van der Waals surface area contributed by atoms with Gasteiger partial charge in [-0.25, -0.2) is 0 Å². The number of hydrogen-bond donors (Lipinski definition) is 1. The van der Waals surface area contributed by atoms with Crippen LogP contribution in [0.25, 0.3) is 0 Å². The molecule has 0 saturated heterocycles. The maximum Gasteiger partial charge on any atom is 0.176 e. The first-order chi connectivity index (χ1) is 6.59. The molecule has 0 saturated carbocycles. The fourth-order valence-electron chi connectivity index (χ4n) is 1.22. The van der Waals surface area contributed by atoms with Crippen molar-refractivity contribution < 1.29 is 4.79 Å². The molecule has 0 fully saturated rings. The van der Waals surface area contributed by atoms with Crippen molar-refractivity contribution >= 4 is 5.78 Å². The van der Waals surface area contributed by atoms with E-state index in [2.05, 4.69) is 5.32 Å². The van der Waals surface area contributed by atoms with Crippen LogP contribution in [-0.2, 0) is 0 Å². The molecule has 14 heavy (non-hydrogen) atoms. The largest absolute Gasteiger partial charge is 0.307 e. The van der Waals surface area contributed by atoms with Crippen molar-refractivity contribution in [2.75, 3.05) is 6.54 Å². The average molecular weight is 191 g/mol. The van der Waals surface area contributed by atoms with E-state index in [0.29, 0.717) is 12.6 Å². The maximum absolute atomic E-state index is 11.6. The Hall–Kier alpha value is -1.15. The predicted molar refractivity (Wildman–Crippen MR) is 58.6 cm³/mol. The minimum absolute atomic E-state index is 0.155. The molecule has 0 aliphatic carbocycles. The molecule has 0 aliphatic rings. The van der Waals surface area contributed by atoms with Gasteiger partial charge < -0.3 is 5.32 Å². The third-order valence-electron chi connectivity index (χ3n) is 2.01. The average Bonchev–Trinajstić information content (AvgIpc) is 2.14. The van der Waals surface area contributed by atoms with Crippen molar-refractivity contribution in [2.24, 2.45) is 0 Å². The summed E-state index contributed by atoms with van der Waals surface area (Å²) in [5, 5.41) is 3.11. The smallest absolute Gasteiger partial charge is 0.176 e. The summed E-state index contributed by atoms with van der Waals surface area (Å²) < 4.78 is 0. The lowest BCUT2D eigenvalue weighted by Gasteiger charge is -2.07. The first kappa shape index (κ1) is 10.9. The van der Waals surface area contributed by atoms with Crippen molar-refractivity contribution in [3.05, 3.63) is 35.4 Å². The van der Waals surface area contributed by atoms with E-state index < -0.39 is 0 Å². The SMILES string of the molecule is Cc1cccc(C(=O)CNC(C)C)c1. The van der Waals surface area contributed by atoms with Gasteiger partial charge in [0.25, 0.3) is 0 Å². The molecular formula is C12H17NO. The molecule has 1 N–H and O–H groups in total. The van der Waals surface area contributed by atoms with Crippen LogP contribution < -0.4 is 5.32 Å². The van der Waals surface area contributed by atoms with E-state index in [-0.39, 0.29) is 5.78 Å². The minimum atomic E-state index is 0.155. The molecule has 76 valence electrons. The lowest BCUT2D eigenvalue weighted by atomic mass is 10.1. The number of hydrogen-bond acceptors (Lipinski definition) is 2. The van der Waals surface area contributed by atoms with Crippen LogP contribution in [0, 0.1) is 6.92 Å². The zero-order valence-electron chi connectivity index (χ0n) is 9.00. The van der Waals surface area contributed by atoms with E-state index in [0.717, 1.165) is 11.1 Å². The lowest BCUT2D eigenvalue weighted by molar-refractivity contribution is 0.0988. The summed E-state index contributed by atoms with van der Waals surface area (Å²) in [4.78, 5) is 11.6. The Morgan fingerprint density at radius 3 is 2.71 bits per heavy atom. The number of Topliss-reactive ketones (excluding diaryl/α,β-unsaturated/α-hetero) is 1. The molecule has 1 rings (SSSR count). The second kappa shape index (κ2) is 4.91. The fraction of sp³-hybridized carbons (Fsp3) is 0.417. The number of rotatable bonds is 4. The van der Waals surface area contributed by atoms with Gasteiger partial charge in [-0.3, -0.25) is 4.79 Å². The topological polar surface area (TPSA) is 29.1 Å². The molecular weight excluding hydrogens is 174 g/mol. The fourth-order valence-corrected chi connectivity index (χ4v) is 1.22. The molecule has 1 aromatic carbocycles. The van der Waals surface area contributed by atoms with Crippen LogP contribution >= 0.6 is 0 Å². The molecule has 0 spiro atoms. The molecule has 2 heteroatoms. The Kier molecular flexibility index (Phi) is 3.84. The van der Waals surface area contributed by atoms with Crippen molar-refractivity contribution in [3.63, 3.8) is 0 Å². The molecule has 0 heterocycles. The van der Waals surface area contributed by atoms with E-state index in [1.165, 1.54) is 0 Å². The van der Waals surface area contributed by atoms with Gasteiger partial charge in [-0.1, -0.05) is 37.6 Å². The highest BCUT2D eigenvalue weighted by molar-refractivity contribution is 5.97. The third-order valence-corrected chi connectivity index (χ3v) is 2.01. The molecule has 1 aromatic rings. The molecule has 0 unspecified atom stereocenters. The predicted octanol–water partition coefficient (Wildman–Crippen LogP) is 2.18. The van der Waals surface area contributed by atoms with E-state index in [1.54, 1.807) is 0 Å². The number of nitrogens with one attached hydrogen (secondary N) is 1. The van der Waals surface area contributed by atoms with Gasteiger partial charge in [0.2, 0.25) is 0 Å². The monoisotopic (exact) mass is 191 g/mol. The lowest BCUT2D eigenvalue weighted by Crippen LogP contribution is -2.29. The van der Waals surface area contributed by atoms with E-state index in [9.17, 15) is 4.79 Å². The van der Waals surface area contributed by atoms with E-state index in [1.807, 2.05) is 45.0 Å². The highest BCUT2D eigenvalue weighted by Gasteiger charge is 2.05. The first-order valence-electron chi connectivity index (χ1n) is 4.93. The van der Waals surface area contributed by atoms with Gasteiger partial charge >= 0.3 is 0 Å². The summed E-state index contributed by atoms with van der Waals surface area (Å²) in [6, 6.07) is 8.04. The molecule has 2 nitrogen and oxygen atoms in total. The second-order valence-corrected chi connectivity index (χ2v) is 3.83. The van der Waals surface area contributed by atoms with Crippen molar-refractivity contribution in [1.29, 1.82) is 0 Å². The van der Waals surface area contributed by atoms with Crippen molar-refractivity contribution in [3.8, 4) is 0 Å². The Labute approximate surface area is 85.3 Å². The van der Waals surface area contributed by atoms with Gasteiger partial charge in [0.05, 0.1) is 6.54 Å². The molecule has 0 atom stereocenters. The summed E-state index contributed by atoms with van der Waals surface area (Å²) in [6.07, 6.45) is 0. The van der Waals surface area contributed by atoms with Crippen LogP contribution in [0.5, 0.6) is 0 Å². The quantitative estimate of drug-likeness (QED) is 0.739. The van der Waals surface area contributed by atoms with Crippen LogP contribution in [0.4, 0.5) is 0 Å². The van der Waals surface area contributed by atoms with Crippen LogP contribution in [-0.4, -0.2) is 18.4 Å². The molecule has 0 aliphatic heterocycles. The van der Waals surface area contributed by atoms with Crippen LogP contribution in [0.3, 0.4) is 0 Å². The van der Waals surface area contributed by atoms with E-state index >= 15 is 0 Å². The van der Waals surface area contributed by atoms with Gasteiger partial charge in [0.15, 0.2) is 5.78 Å². The number of carbonyl (C=O) groups is 1. The summed E-state index contributed by atoms with van der Waals surface area (Å²) >= 11 is 0. The Balaban J connectivity index is 2.61. The maximum atomic E-state index is 11.6. The Morgan fingerprint density at radius 2 is 2.14 bits per heavy atom. The van der Waals surface area contributed by atoms with Crippen LogP contribution in [0.15, 0.2) is 24.3 Å². The molecule has 0 aromatic heterocycles. The van der Waals surface area contributed by atoms with Crippen LogP contribution in [0.1, 0.15) is 29.8 Å². The highest BCUT2D eigenvalue weighted by Crippen LogP contribution is 2.04. The standard InChI is InChI=1S/C12H17NO/c1-9(2)13-8-12(14)11-6-4-5-10(3)7-11/h4-7,9,13H,8H2,1-3H3. The van der Waals surface area contributed by atoms with E-state index in [4.69, 9.17) is 0 Å². The number of carbonyl (C=O) groups excluding carboxylic acids is 1. The Bertz CT molecular complexity index is 318. The third kappa shape index (κ3) is 3.30. The van der Waals surface area contributed by atoms with Gasteiger partial charge in [0.1, 0.15) is 0 Å². The first-order valence-corrected chi connectivity index (χ1v) is 4.93. The van der Waals surface area contributed by atoms with Gasteiger partial charge in [0, 0.05) is 11.6 Å². The zero-order valence-corrected chi connectivity index (χ0v) is 9.00. The minimum Gasteiger partial charge on any atom is -0.307 e. The van der Waals surface area contributed by atoms with Crippen molar-refractivity contribution in [2.45, 2.75) is 26.8 Å². The van der Waals surface area contributed by atoms with Gasteiger partial charge in [-0.05, 0) is 13.0 Å². The highest BCUT2D eigenvalue weighted by atomic mass is 16.1. The van der Waals surface area contributed by atoms with Crippen molar-refractivity contribution in [1.82, 2.24) is 5.32 Å². The van der Waals surface area contributed by atoms with Crippen LogP contribution in [0.2, 0.25) is 0 Å². The van der Waals surface area contributed by atoms with Gasteiger partial charge in [-0.2, -0.15) is 0 Å². The number of ketones is 1. The van der Waals surface area contributed by atoms with Gasteiger partial charge in [-0.15, -0.1) is 0 Å². The molecule has 0 bridgehead atoms. The molecule has 0 radical (unpaired) electrons. The Morgan fingerprint density at radius 1 is 1.43 bits per heavy atom.